The summed E-state index contributed by atoms with van der Waals surface area (Å²) >= 11 is 0. The smallest absolute Gasteiger partial charge is 0.146 e. The molecular weight excluding hydrogens is 122 g/mol. The van der Waals surface area contributed by atoms with Crippen molar-refractivity contribution in [3.05, 3.63) is 0 Å². The molecule has 0 saturated carbocycles. The van der Waals surface area contributed by atoms with E-state index in [0.29, 0.717) is 13.0 Å². The summed E-state index contributed by atoms with van der Waals surface area (Å²) < 4.78 is 9.41. The monoisotopic (exact) mass is 135 g/mol. The molecule has 0 aliphatic rings. The zero-order chi connectivity index (χ0) is 7.11. The van der Waals surface area contributed by atoms with E-state index in [1.165, 1.54) is 0 Å². The highest BCUT2D eigenvalue weighted by atomic mass is 16.7. The van der Waals surface area contributed by atoms with E-state index in [1.54, 1.807) is 7.11 Å². The van der Waals surface area contributed by atoms with Gasteiger partial charge in [-0.2, -0.15) is 0 Å². The van der Waals surface area contributed by atoms with E-state index in [9.17, 15) is 0 Å². The minimum atomic E-state index is -0.776. The number of methoxy groups -OCH3 is 1. The van der Waals surface area contributed by atoms with Gasteiger partial charge in [0.2, 0.25) is 0 Å². The Morgan fingerprint density at radius 2 is 2.33 bits per heavy atom. The molecule has 0 heterocycles. The van der Waals surface area contributed by atoms with Gasteiger partial charge in [-0.25, -0.2) is 0 Å². The van der Waals surface area contributed by atoms with Crippen LogP contribution in [0.2, 0.25) is 0 Å². The van der Waals surface area contributed by atoms with E-state index < -0.39 is 6.23 Å². The van der Waals surface area contributed by atoms with Crippen LogP contribution < -0.4 is 5.73 Å². The molecule has 0 radical (unpaired) electrons. The van der Waals surface area contributed by atoms with E-state index in [1.807, 2.05) is 0 Å². The first-order valence-electron chi connectivity index (χ1n) is 2.77. The summed E-state index contributed by atoms with van der Waals surface area (Å²) in [6.45, 7) is 0.693. The minimum Gasteiger partial charge on any atom is -0.379 e. The second-order valence-electron chi connectivity index (χ2n) is 1.67. The van der Waals surface area contributed by atoms with Crippen LogP contribution in [-0.2, 0) is 9.47 Å². The Morgan fingerprint density at radius 3 is 2.78 bits per heavy atom. The highest BCUT2D eigenvalue weighted by molar-refractivity contribution is 4.40. The summed E-state index contributed by atoms with van der Waals surface area (Å²) in [6.07, 6.45) is -0.328. The predicted octanol–water partition coefficient (Wildman–Crippen LogP) is -0.726. The molecule has 0 saturated heterocycles. The number of aliphatic hydroxyl groups excluding tert-OH is 1. The van der Waals surface area contributed by atoms with Gasteiger partial charge in [-0.3, -0.25) is 0 Å². The van der Waals surface area contributed by atoms with Crippen LogP contribution in [0.1, 0.15) is 6.42 Å². The maximum Gasteiger partial charge on any atom is 0.146 e. The molecule has 0 rings (SSSR count). The van der Waals surface area contributed by atoms with Crippen LogP contribution in [0, 0.1) is 0 Å². The van der Waals surface area contributed by atoms with E-state index >= 15 is 0 Å². The van der Waals surface area contributed by atoms with E-state index in [4.69, 9.17) is 15.6 Å². The van der Waals surface area contributed by atoms with Crippen LogP contribution in [0.15, 0.2) is 0 Å². The molecule has 1 atom stereocenters. The van der Waals surface area contributed by atoms with E-state index in [-0.39, 0.29) is 6.79 Å². The molecular formula is C5H13NO3. The summed E-state index contributed by atoms with van der Waals surface area (Å²) in [5.74, 6) is 0. The van der Waals surface area contributed by atoms with Gasteiger partial charge >= 0.3 is 0 Å². The molecule has 0 aliphatic carbocycles. The summed E-state index contributed by atoms with van der Waals surface area (Å²) in [7, 11) is 1.54. The van der Waals surface area contributed by atoms with Gasteiger partial charge in [0.15, 0.2) is 0 Å². The van der Waals surface area contributed by atoms with Crippen LogP contribution >= 0.6 is 0 Å². The van der Waals surface area contributed by atoms with Crippen molar-refractivity contribution in [2.45, 2.75) is 12.6 Å². The third-order valence-electron chi connectivity index (χ3n) is 0.759. The Labute approximate surface area is 54.6 Å². The predicted molar refractivity (Wildman–Crippen MR) is 32.6 cm³/mol. The Morgan fingerprint density at radius 1 is 1.67 bits per heavy atom. The maximum absolute atomic E-state index is 8.51. The van der Waals surface area contributed by atoms with Gasteiger partial charge in [0.1, 0.15) is 13.0 Å². The topological polar surface area (TPSA) is 64.7 Å². The molecule has 0 aromatic heterocycles. The standard InChI is InChI=1S/C5H13NO3/c1-8-4-9-3-2-5(6)7/h5,7H,2-4,6H2,1H3. The van der Waals surface area contributed by atoms with Gasteiger partial charge in [0.25, 0.3) is 0 Å². The number of rotatable bonds is 5. The number of hydrogen-bond acceptors (Lipinski definition) is 4. The first-order valence-corrected chi connectivity index (χ1v) is 2.77. The van der Waals surface area contributed by atoms with E-state index in [0.717, 1.165) is 0 Å². The highest BCUT2D eigenvalue weighted by Gasteiger charge is 1.93. The average molecular weight is 135 g/mol. The van der Waals surface area contributed by atoms with Crippen molar-refractivity contribution in [2.75, 3.05) is 20.5 Å². The fraction of sp³-hybridized carbons (Fsp3) is 1.00. The first kappa shape index (κ1) is 8.84. The lowest BCUT2D eigenvalue weighted by atomic mass is 10.4. The minimum absolute atomic E-state index is 0.257. The molecule has 4 nitrogen and oxygen atoms in total. The second kappa shape index (κ2) is 5.97. The van der Waals surface area contributed by atoms with Gasteiger partial charge in [0, 0.05) is 13.5 Å². The van der Waals surface area contributed by atoms with Crippen LogP contribution in [-0.4, -0.2) is 31.8 Å². The van der Waals surface area contributed by atoms with Crippen LogP contribution in [0.25, 0.3) is 0 Å². The van der Waals surface area contributed by atoms with Crippen molar-refractivity contribution in [1.29, 1.82) is 0 Å². The molecule has 0 bridgehead atoms. The molecule has 56 valence electrons. The van der Waals surface area contributed by atoms with Gasteiger partial charge < -0.3 is 20.3 Å². The zero-order valence-electron chi connectivity index (χ0n) is 5.54. The quantitative estimate of drug-likeness (QED) is 0.385. The van der Waals surface area contributed by atoms with Crippen molar-refractivity contribution in [2.24, 2.45) is 5.73 Å². The fourth-order valence-electron chi connectivity index (χ4n) is 0.346. The third-order valence-corrected chi connectivity index (χ3v) is 0.759. The molecule has 4 heteroatoms. The van der Waals surface area contributed by atoms with Crippen molar-refractivity contribution in [1.82, 2.24) is 0 Å². The third kappa shape index (κ3) is 7.84. The molecule has 9 heavy (non-hydrogen) atoms. The Kier molecular flexibility index (Phi) is 5.86. The zero-order valence-corrected chi connectivity index (χ0v) is 5.54. The van der Waals surface area contributed by atoms with Crippen molar-refractivity contribution < 1.29 is 14.6 Å². The molecule has 0 spiro atoms. The molecule has 1 unspecified atom stereocenters. The summed E-state index contributed by atoms with van der Waals surface area (Å²) in [4.78, 5) is 0. The maximum atomic E-state index is 8.51. The Balaban J connectivity index is 2.75. The largest absolute Gasteiger partial charge is 0.379 e. The number of hydrogen-bond donors (Lipinski definition) is 2. The molecule has 0 amide bonds. The lowest BCUT2D eigenvalue weighted by Crippen LogP contribution is -2.20. The summed E-state index contributed by atoms with van der Waals surface area (Å²) in [6, 6.07) is 0. The van der Waals surface area contributed by atoms with Crippen molar-refractivity contribution >= 4 is 0 Å². The molecule has 3 N–H and O–H groups in total. The number of ether oxygens (including phenoxy) is 2. The SMILES string of the molecule is COCOCCC(N)O. The van der Waals surface area contributed by atoms with Gasteiger partial charge in [-0.1, -0.05) is 0 Å². The Hall–Kier alpha value is -0.160. The Bertz CT molecular complexity index is 58.2. The summed E-state index contributed by atoms with van der Waals surface area (Å²) in [5, 5.41) is 8.51. The fourth-order valence-corrected chi connectivity index (χ4v) is 0.346. The molecule has 0 aromatic carbocycles. The van der Waals surface area contributed by atoms with Crippen LogP contribution in [0.3, 0.4) is 0 Å². The highest BCUT2D eigenvalue weighted by Crippen LogP contribution is 1.84. The van der Waals surface area contributed by atoms with Crippen molar-refractivity contribution in [3.63, 3.8) is 0 Å². The molecule has 0 aliphatic heterocycles. The van der Waals surface area contributed by atoms with Crippen LogP contribution in [0.4, 0.5) is 0 Å². The van der Waals surface area contributed by atoms with Gasteiger partial charge in [-0.15, -0.1) is 0 Å². The van der Waals surface area contributed by atoms with Crippen LogP contribution in [0.5, 0.6) is 0 Å². The molecule has 0 aromatic rings. The van der Waals surface area contributed by atoms with Gasteiger partial charge in [0.05, 0.1) is 6.61 Å². The van der Waals surface area contributed by atoms with E-state index in [2.05, 4.69) is 4.74 Å². The lowest BCUT2D eigenvalue weighted by molar-refractivity contribution is -0.0393. The molecule has 0 fully saturated rings. The van der Waals surface area contributed by atoms with Gasteiger partial charge in [-0.05, 0) is 0 Å². The number of nitrogens with two attached hydrogens (primary N) is 1. The lowest BCUT2D eigenvalue weighted by Gasteiger charge is -2.03. The second-order valence-corrected chi connectivity index (χ2v) is 1.67. The number of aliphatic hydroxyl groups is 1. The normalized spacial score (nSPS) is 13.7. The first-order chi connectivity index (χ1) is 4.27. The average Bonchev–Trinajstić information content (AvgIpc) is 1.80. The van der Waals surface area contributed by atoms with Crippen molar-refractivity contribution in [3.8, 4) is 0 Å². The summed E-state index contributed by atoms with van der Waals surface area (Å²) in [5.41, 5.74) is 5.01.